The summed E-state index contributed by atoms with van der Waals surface area (Å²) < 4.78 is 27.8. The minimum absolute atomic E-state index is 0.121. The van der Waals surface area contributed by atoms with E-state index in [-0.39, 0.29) is 37.3 Å². The smallest absolute Gasteiger partial charge is 0.272 e. The average molecular weight is 424 g/mol. The lowest BCUT2D eigenvalue weighted by atomic mass is 9.93. The largest absolute Gasteiger partial charge is 0.390 e. The highest BCUT2D eigenvalue weighted by Crippen LogP contribution is 2.67. The molecule has 128 valence electrons. The van der Waals surface area contributed by atoms with Crippen LogP contribution >= 0.6 is 35.2 Å². The van der Waals surface area contributed by atoms with Crippen LogP contribution in [-0.2, 0) is 47.1 Å². The molecule has 1 N–H and O–H groups in total. The molecule has 0 aliphatic carbocycles. The molecule has 13 heteroatoms. The van der Waals surface area contributed by atoms with Crippen LogP contribution in [0.1, 0.15) is 0 Å². The van der Waals surface area contributed by atoms with E-state index < -0.39 is 17.2 Å². The number of thiol groups is 2. The third-order valence-corrected chi connectivity index (χ3v) is 13.3. The predicted molar refractivity (Wildman–Crippen MR) is 102 cm³/mol. The fraction of sp³-hybridized carbons (Fsp3) is 1.00. The Morgan fingerprint density at radius 3 is 2.45 bits per heavy atom. The van der Waals surface area contributed by atoms with E-state index >= 15 is 0 Å². The first-order valence-corrected chi connectivity index (χ1v) is 14.9. The first-order chi connectivity index (χ1) is 10.2. The zero-order valence-electron chi connectivity index (χ0n) is 12.1. The van der Waals surface area contributed by atoms with Gasteiger partial charge in [-0.25, -0.2) is 0 Å². The lowest BCUT2D eigenvalue weighted by molar-refractivity contribution is -0.247. The summed E-state index contributed by atoms with van der Waals surface area (Å²) in [5, 5.41) is 7.03. The number of aliphatic hydroxyl groups excluding tert-OH is 1. The van der Waals surface area contributed by atoms with Crippen LogP contribution in [0.15, 0.2) is 0 Å². The fourth-order valence-corrected chi connectivity index (χ4v) is 15.9. The minimum Gasteiger partial charge on any atom is -0.390 e. The van der Waals surface area contributed by atoms with Crippen molar-refractivity contribution in [3.63, 3.8) is 0 Å². The summed E-state index contributed by atoms with van der Waals surface area (Å²) in [4.78, 5) is 0. The molecule has 0 spiro atoms. The maximum absolute atomic E-state index is 9.23. The molecule has 6 nitrogen and oxygen atoms in total. The van der Waals surface area contributed by atoms with Gasteiger partial charge in [-0.1, -0.05) is 23.6 Å². The second kappa shape index (κ2) is 8.02. The van der Waals surface area contributed by atoms with Crippen LogP contribution in [0.2, 0.25) is 0 Å². The van der Waals surface area contributed by atoms with E-state index in [2.05, 4.69) is 24.5 Å². The van der Waals surface area contributed by atoms with Gasteiger partial charge < -0.3 is 28.6 Å². The third kappa shape index (κ3) is 5.16. The summed E-state index contributed by atoms with van der Waals surface area (Å²) in [5.41, 5.74) is -2.43. The van der Waals surface area contributed by atoms with Gasteiger partial charge in [-0.2, -0.15) is 0 Å². The van der Waals surface area contributed by atoms with Gasteiger partial charge in [-0.15, -0.1) is 24.5 Å². The SMILES string of the molecule is B[C@@H]1O[C@H](COP(=S)(S)CP(=S)(S)CO)C2OC(OC)O[C@@H]21. The molecule has 2 heterocycles. The number of hydrogen-bond acceptors (Lipinski definition) is 8. The van der Waals surface area contributed by atoms with E-state index in [1.165, 1.54) is 7.11 Å². The summed E-state index contributed by atoms with van der Waals surface area (Å²) in [6, 6.07) is -0.121. The summed E-state index contributed by atoms with van der Waals surface area (Å²) in [5.74, 6) is 0.335. The Balaban J connectivity index is 1.91. The predicted octanol–water partition coefficient (Wildman–Crippen LogP) is 0.546. The minimum atomic E-state index is -2.43. The van der Waals surface area contributed by atoms with Crippen molar-refractivity contribution in [3.8, 4) is 0 Å². The number of fused-ring (bicyclic) bond motifs is 1. The van der Waals surface area contributed by atoms with Crippen LogP contribution in [0.5, 0.6) is 0 Å². The quantitative estimate of drug-likeness (QED) is 0.311. The van der Waals surface area contributed by atoms with E-state index in [9.17, 15) is 5.11 Å². The number of methoxy groups -OCH3 is 1. The van der Waals surface area contributed by atoms with Crippen molar-refractivity contribution in [1.82, 2.24) is 0 Å². The lowest BCUT2D eigenvalue weighted by Gasteiger charge is -2.24. The number of rotatable bonds is 7. The molecule has 0 aromatic carbocycles. The van der Waals surface area contributed by atoms with E-state index in [0.29, 0.717) is 5.90 Å². The second-order valence-corrected chi connectivity index (χ2v) is 19.5. The Hall–Kier alpha value is 1.82. The van der Waals surface area contributed by atoms with Crippen molar-refractivity contribution in [1.29, 1.82) is 0 Å². The van der Waals surface area contributed by atoms with Crippen LogP contribution in [-0.4, -0.2) is 69.7 Å². The molecule has 0 saturated carbocycles. The van der Waals surface area contributed by atoms with Gasteiger partial charge in [0.1, 0.15) is 31.6 Å². The molecule has 2 saturated heterocycles. The maximum Gasteiger partial charge on any atom is 0.272 e. The molecular formula is C9H19BO6P2S4. The van der Waals surface area contributed by atoms with Crippen LogP contribution < -0.4 is 0 Å². The van der Waals surface area contributed by atoms with Crippen molar-refractivity contribution in [3.05, 3.63) is 0 Å². The standard InChI is InChI=1S/C9H19BO6P2S4/c1-12-9-15-6-5(14-8(10)7(6)16-9)2-13-18(21,22)4-17(19,20)3-11/h5-9,11H,2-4,10H2,1H3,(H,19,20)(H,21,22)/t5-,6?,7+,8-,9?/m1/s1. The van der Waals surface area contributed by atoms with E-state index in [4.69, 9.17) is 47.1 Å². The highest BCUT2D eigenvalue weighted by atomic mass is 32.9. The Morgan fingerprint density at radius 2 is 1.86 bits per heavy atom. The topological polar surface area (TPSA) is 66.4 Å². The molecule has 0 bridgehead atoms. The van der Waals surface area contributed by atoms with Gasteiger partial charge >= 0.3 is 0 Å². The maximum atomic E-state index is 9.23. The highest BCUT2D eigenvalue weighted by Gasteiger charge is 2.51. The number of ether oxygens (including phenoxy) is 4. The molecule has 7 atom stereocenters. The zero-order valence-corrected chi connectivity index (χ0v) is 17.3. The monoisotopic (exact) mass is 424 g/mol. The van der Waals surface area contributed by atoms with Crippen molar-refractivity contribution < 1.29 is 28.6 Å². The third-order valence-electron chi connectivity index (χ3n) is 3.33. The molecular weight excluding hydrogens is 405 g/mol. The molecule has 22 heavy (non-hydrogen) atoms. The number of hydrogen-bond donors (Lipinski definition) is 3. The molecule has 2 aliphatic rings. The lowest BCUT2D eigenvalue weighted by Crippen LogP contribution is -2.32. The van der Waals surface area contributed by atoms with Crippen molar-refractivity contribution >= 4 is 66.7 Å². The summed E-state index contributed by atoms with van der Waals surface area (Å²) >= 11 is 19.3. The van der Waals surface area contributed by atoms with Crippen LogP contribution in [0, 0.1) is 0 Å². The van der Waals surface area contributed by atoms with Crippen molar-refractivity contribution in [2.75, 3.05) is 26.0 Å². The summed E-state index contributed by atoms with van der Waals surface area (Å²) in [6.45, 7) is -0.443. The van der Waals surface area contributed by atoms with Gasteiger partial charge in [0, 0.05) is 18.3 Å². The molecule has 0 amide bonds. The second-order valence-electron chi connectivity index (χ2n) is 5.17. The van der Waals surface area contributed by atoms with Crippen molar-refractivity contribution in [2.24, 2.45) is 0 Å². The molecule has 2 rings (SSSR count). The summed E-state index contributed by atoms with van der Waals surface area (Å²) in [7, 11) is 3.43. The van der Waals surface area contributed by atoms with Crippen molar-refractivity contribution in [2.45, 2.75) is 30.8 Å². The molecule has 0 aromatic rings. The van der Waals surface area contributed by atoms with Gasteiger partial charge in [0.2, 0.25) is 0 Å². The highest BCUT2D eigenvalue weighted by molar-refractivity contribution is 8.70. The average Bonchev–Trinajstić information content (AvgIpc) is 2.96. The van der Waals surface area contributed by atoms with Gasteiger partial charge in [0.05, 0.1) is 19.0 Å². The summed E-state index contributed by atoms with van der Waals surface area (Å²) in [6.07, 6.45) is -0.923. The van der Waals surface area contributed by atoms with E-state index in [0.717, 1.165) is 0 Å². The Morgan fingerprint density at radius 1 is 1.23 bits per heavy atom. The Labute approximate surface area is 151 Å². The van der Waals surface area contributed by atoms with Gasteiger partial charge in [-0.05, 0) is 0 Å². The first kappa shape index (κ1) is 20.1. The number of aliphatic hydroxyl groups is 1. The van der Waals surface area contributed by atoms with Gasteiger partial charge in [0.15, 0.2) is 0 Å². The fourth-order valence-electron chi connectivity index (χ4n) is 2.35. The zero-order chi connectivity index (χ0) is 16.5. The molecule has 2 fully saturated rings. The normalized spacial score (nSPS) is 40.1. The first-order valence-electron chi connectivity index (χ1n) is 6.55. The Kier molecular flexibility index (Phi) is 7.34. The molecule has 0 aromatic heterocycles. The van der Waals surface area contributed by atoms with Gasteiger partial charge in [-0.3, -0.25) is 0 Å². The van der Waals surface area contributed by atoms with Crippen LogP contribution in [0.3, 0.4) is 0 Å². The van der Waals surface area contributed by atoms with Crippen LogP contribution in [0.4, 0.5) is 0 Å². The molecule has 0 radical (unpaired) electrons. The van der Waals surface area contributed by atoms with Crippen LogP contribution in [0.25, 0.3) is 0 Å². The Bertz CT molecular complexity index is 499. The molecule has 4 unspecified atom stereocenters. The van der Waals surface area contributed by atoms with Gasteiger partial charge in [0.25, 0.3) is 6.48 Å². The van der Waals surface area contributed by atoms with E-state index in [1.54, 1.807) is 0 Å². The van der Waals surface area contributed by atoms with E-state index in [1.807, 2.05) is 7.85 Å². The molecule has 2 aliphatic heterocycles.